The maximum atomic E-state index is 11.9. The lowest BCUT2D eigenvalue weighted by Crippen LogP contribution is -2.55. The summed E-state index contributed by atoms with van der Waals surface area (Å²) in [6.07, 6.45) is 0.256. The third-order valence-electron chi connectivity index (χ3n) is 3.38. The van der Waals surface area contributed by atoms with Gasteiger partial charge in [-0.15, -0.1) is 0 Å². The highest BCUT2D eigenvalue weighted by Gasteiger charge is 2.37. The van der Waals surface area contributed by atoms with Gasteiger partial charge in [-0.05, 0) is 25.0 Å². The maximum Gasteiger partial charge on any atom is 0.547 e. The zero-order valence-electron chi connectivity index (χ0n) is 13.1. The van der Waals surface area contributed by atoms with Crippen molar-refractivity contribution in [1.29, 1.82) is 0 Å². The van der Waals surface area contributed by atoms with Gasteiger partial charge >= 0.3 is 19.1 Å². The molecule has 0 aliphatic carbocycles. The molecule has 10 heteroatoms. The Morgan fingerprint density at radius 1 is 1.46 bits per heavy atom. The van der Waals surface area contributed by atoms with E-state index in [1.807, 2.05) is 0 Å². The first-order chi connectivity index (χ1) is 11.4. The minimum atomic E-state index is -1.34. The lowest BCUT2D eigenvalue weighted by atomic mass is 9.72. The van der Waals surface area contributed by atoms with Gasteiger partial charge in [0.15, 0.2) is 0 Å². The molecular weight excluding hydrogens is 317 g/mol. The van der Waals surface area contributed by atoms with E-state index >= 15 is 0 Å². The topological polar surface area (TPSA) is 140 Å². The van der Waals surface area contributed by atoms with Crippen molar-refractivity contribution in [1.82, 2.24) is 10.6 Å². The fourth-order valence-electron chi connectivity index (χ4n) is 2.34. The van der Waals surface area contributed by atoms with Crippen LogP contribution in [-0.2, 0) is 16.0 Å². The Hall–Kier alpha value is -2.75. The Morgan fingerprint density at radius 3 is 2.88 bits per heavy atom. The molecule has 0 fully saturated rings. The van der Waals surface area contributed by atoms with E-state index in [2.05, 4.69) is 10.6 Å². The van der Waals surface area contributed by atoms with Crippen molar-refractivity contribution in [2.75, 3.05) is 13.2 Å². The number of carbonyl (C=O) groups excluding carboxylic acids is 3. The average Bonchev–Trinajstić information content (AvgIpc) is 2.53. The quantitative estimate of drug-likeness (QED) is 0.401. The van der Waals surface area contributed by atoms with Crippen LogP contribution < -0.4 is 21.0 Å². The minimum Gasteiger partial charge on any atom is -0.534 e. The number of primary amides is 1. The third kappa shape index (κ3) is 4.16. The molecule has 1 aliphatic rings. The molecule has 9 nitrogen and oxygen atoms in total. The van der Waals surface area contributed by atoms with E-state index in [1.54, 1.807) is 25.1 Å². The van der Waals surface area contributed by atoms with Gasteiger partial charge in [-0.1, -0.05) is 12.1 Å². The number of esters is 1. The van der Waals surface area contributed by atoms with E-state index in [9.17, 15) is 19.4 Å². The lowest BCUT2D eigenvalue weighted by molar-refractivity contribution is -0.120. The van der Waals surface area contributed by atoms with Crippen molar-refractivity contribution in [2.24, 2.45) is 5.73 Å². The molecule has 0 saturated heterocycles. The zero-order chi connectivity index (χ0) is 17.7. The number of fused-ring (bicyclic) bond motifs is 1. The molecule has 0 aromatic heterocycles. The largest absolute Gasteiger partial charge is 0.547 e. The number of rotatable bonds is 5. The third-order valence-corrected chi connectivity index (χ3v) is 3.38. The van der Waals surface area contributed by atoms with Crippen molar-refractivity contribution < 1.29 is 28.8 Å². The van der Waals surface area contributed by atoms with E-state index in [0.29, 0.717) is 5.56 Å². The first-order valence-corrected chi connectivity index (χ1v) is 7.38. The van der Waals surface area contributed by atoms with Gasteiger partial charge in [-0.2, -0.15) is 0 Å². The Labute approximate surface area is 138 Å². The van der Waals surface area contributed by atoms with Crippen LogP contribution in [0, 0.1) is 0 Å². The zero-order valence-corrected chi connectivity index (χ0v) is 13.1. The van der Waals surface area contributed by atoms with Crippen LogP contribution in [0.4, 0.5) is 4.79 Å². The maximum absolute atomic E-state index is 11.9. The van der Waals surface area contributed by atoms with Crippen LogP contribution in [0.2, 0.25) is 0 Å². The SMILES string of the molecule is CCOC(=O)c1cccc2c1OB(O)C(NC(=O)CNC(N)=O)C2. The molecule has 0 bridgehead atoms. The summed E-state index contributed by atoms with van der Waals surface area (Å²) in [6.45, 7) is 1.60. The standard InChI is InChI=1S/C14H18BN3O6/c1-2-23-13(20)9-5-3-4-8-6-10(15(22)24-12(8)9)18-11(19)7-17-14(16)21/h3-5,10,22H,2,6-7H2,1H3,(H,18,19)(H3,16,17,21). The number of para-hydroxylation sites is 1. The normalized spacial score (nSPS) is 15.8. The van der Waals surface area contributed by atoms with E-state index in [0.717, 1.165) is 0 Å². The van der Waals surface area contributed by atoms with E-state index in [-0.39, 0.29) is 30.9 Å². The summed E-state index contributed by atoms with van der Waals surface area (Å²) in [5, 5.41) is 14.8. The van der Waals surface area contributed by atoms with Gasteiger partial charge in [0.25, 0.3) is 0 Å². The van der Waals surface area contributed by atoms with Crippen molar-refractivity contribution in [2.45, 2.75) is 19.3 Å². The molecule has 1 aromatic carbocycles. The molecule has 0 spiro atoms. The Morgan fingerprint density at radius 2 is 2.21 bits per heavy atom. The predicted molar refractivity (Wildman–Crippen MR) is 84.2 cm³/mol. The van der Waals surface area contributed by atoms with Crippen LogP contribution in [0.15, 0.2) is 18.2 Å². The first kappa shape index (κ1) is 17.6. The molecule has 1 aromatic rings. The summed E-state index contributed by atoms with van der Waals surface area (Å²) >= 11 is 0. The fourth-order valence-corrected chi connectivity index (χ4v) is 2.34. The van der Waals surface area contributed by atoms with Crippen LogP contribution in [0.5, 0.6) is 5.75 Å². The molecule has 1 aliphatic heterocycles. The molecule has 128 valence electrons. The van der Waals surface area contributed by atoms with E-state index < -0.39 is 31.0 Å². The van der Waals surface area contributed by atoms with Crippen LogP contribution in [0.1, 0.15) is 22.8 Å². The molecule has 0 radical (unpaired) electrons. The minimum absolute atomic E-state index is 0.216. The molecule has 1 heterocycles. The number of amides is 3. The lowest BCUT2D eigenvalue weighted by Gasteiger charge is -2.29. The number of ether oxygens (including phenoxy) is 1. The molecule has 1 atom stereocenters. The summed E-state index contributed by atoms with van der Waals surface area (Å²) in [7, 11) is -1.34. The van der Waals surface area contributed by atoms with Crippen molar-refractivity contribution >= 4 is 25.0 Å². The summed E-state index contributed by atoms with van der Waals surface area (Å²) < 4.78 is 10.4. The number of urea groups is 1. The number of hydrogen-bond donors (Lipinski definition) is 4. The highest BCUT2D eigenvalue weighted by atomic mass is 16.5. The molecule has 1 unspecified atom stereocenters. The Balaban J connectivity index is 2.10. The monoisotopic (exact) mass is 335 g/mol. The van der Waals surface area contributed by atoms with E-state index in [4.69, 9.17) is 15.1 Å². The number of benzene rings is 1. The van der Waals surface area contributed by atoms with Gasteiger partial charge in [0.05, 0.1) is 19.1 Å². The van der Waals surface area contributed by atoms with Crippen LogP contribution in [0.3, 0.4) is 0 Å². The van der Waals surface area contributed by atoms with Gasteiger partial charge in [0.2, 0.25) is 5.91 Å². The Bertz CT molecular complexity index is 653. The Kier molecular flexibility index (Phi) is 5.64. The number of hydrogen-bond acceptors (Lipinski definition) is 6. The highest BCUT2D eigenvalue weighted by molar-refractivity contribution is 6.47. The average molecular weight is 335 g/mol. The highest BCUT2D eigenvalue weighted by Crippen LogP contribution is 2.30. The summed E-state index contributed by atoms with van der Waals surface area (Å²) in [5.74, 6) is -1.55. The van der Waals surface area contributed by atoms with Crippen LogP contribution in [0.25, 0.3) is 0 Å². The summed E-state index contributed by atoms with van der Waals surface area (Å²) in [5.41, 5.74) is 5.75. The fraction of sp³-hybridized carbons (Fsp3) is 0.357. The molecular formula is C14H18BN3O6. The van der Waals surface area contributed by atoms with Crippen LogP contribution in [-0.4, -0.2) is 49.1 Å². The van der Waals surface area contributed by atoms with Gasteiger partial charge in [-0.25, -0.2) is 9.59 Å². The summed E-state index contributed by atoms with van der Waals surface area (Å²) in [4.78, 5) is 34.2. The molecule has 3 amide bonds. The predicted octanol–water partition coefficient (Wildman–Crippen LogP) is -1.03. The van der Waals surface area contributed by atoms with Crippen molar-refractivity contribution in [3.63, 3.8) is 0 Å². The molecule has 0 saturated carbocycles. The van der Waals surface area contributed by atoms with Gasteiger partial charge in [0.1, 0.15) is 11.3 Å². The van der Waals surface area contributed by atoms with Gasteiger partial charge in [0, 0.05) is 0 Å². The molecule has 5 N–H and O–H groups in total. The number of nitrogens with two attached hydrogens (primary N) is 1. The smallest absolute Gasteiger partial charge is 0.534 e. The number of nitrogens with one attached hydrogen (secondary N) is 2. The second-order valence-corrected chi connectivity index (χ2v) is 5.12. The van der Waals surface area contributed by atoms with E-state index in [1.165, 1.54) is 0 Å². The van der Waals surface area contributed by atoms with Crippen molar-refractivity contribution in [3.8, 4) is 5.75 Å². The molecule has 24 heavy (non-hydrogen) atoms. The van der Waals surface area contributed by atoms with Crippen molar-refractivity contribution in [3.05, 3.63) is 29.3 Å². The first-order valence-electron chi connectivity index (χ1n) is 7.38. The second-order valence-electron chi connectivity index (χ2n) is 5.12. The van der Waals surface area contributed by atoms with Crippen LogP contribution >= 0.6 is 0 Å². The second kappa shape index (κ2) is 7.69. The summed E-state index contributed by atoms with van der Waals surface area (Å²) in [6, 6.07) is 4.11. The number of carbonyl (C=O) groups is 3. The van der Waals surface area contributed by atoms with Gasteiger partial charge in [-0.3, -0.25) is 4.79 Å². The van der Waals surface area contributed by atoms with Gasteiger partial charge < -0.3 is 30.8 Å². The molecule has 2 rings (SSSR count).